The number of hydrogen-bond acceptors (Lipinski definition) is 5. The summed E-state index contributed by atoms with van der Waals surface area (Å²) < 4.78 is 16.1. The third-order valence-electron chi connectivity index (χ3n) is 3.98. The van der Waals surface area contributed by atoms with Gasteiger partial charge in [0.1, 0.15) is 6.61 Å². The Morgan fingerprint density at radius 2 is 2.12 bits per heavy atom. The predicted molar refractivity (Wildman–Crippen MR) is 113 cm³/mol. The number of ether oxygens (including phenoxy) is 3. The number of halogens is 1. The number of hydrogen-bond donors (Lipinski definition) is 1. The van der Waals surface area contributed by atoms with Crippen molar-refractivity contribution < 1.29 is 14.2 Å². The average molecular weight is 478 g/mol. The van der Waals surface area contributed by atoms with E-state index in [1.807, 2.05) is 19.2 Å². The fourth-order valence-electron chi connectivity index (χ4n) is 2.24. The van der Waals surface area contributed by atoms with E-state index < -0.39 is 0 Å². The molecule has 148 valence electrons. The molecule has 1 aliphatic carbocycles. The Labute approximate surface area is 173 Å². The van der Waals surface area contributed by atoms with E-state index in [4.69, 9.17) is 14.2 Å². The molecule has 1 saturated carbocycles. The lowest BCUT2D eigenvalue weighted by Gasteiger charge is -2.22. The van der Waals surface area contributed by atoms with Gasteiger partial charge >= 0.3 is 0 Å². The van der Waals surface area contributed by atoms with E-state index in [1.165, 1.54) is 12.8 Å². The maximum Gasteiger partial charge on any atom is 0.213 e. The first kappa shape index (κ1) is 22.9. The van der Waals surface area contributed by atoms with Gasteiger partial charge in [-0.05, 0) is 24.3 Å². The van der Waals surface area contributed by atoms with Gasteiger partial charge in [0.15, 0.2) is 5.96 Å². The summed E-state index contributed by atoms with van der Waals surface area (Å²) in [7, 11) is 5.45. The molecule has 0 aliphatic heterocycles. The molecule has 1 heterocycles. The van der Waals surface area contributed by atoms with Crippen molar-refractivity contribution in [2.45, 2.75) is 19.4 Å². The van der Waals surface area contributed by atoms with Crippen LogP contribution in [0.15, 0.2) is 23.3 Å². The zero-order valence-electron chi connectivity index (χ0n) is 15.9. The molecule has 0 radical (unpaired) electrons. The number of pyridine rings is 1. The Morgan fingerprint density at radius 3 is 2.73 bits per heavy atom. The van der Waals surface area contributed by atoms with Crippen LogP contribution in [0.3, 0.4) is 0 Å². The second kappa shape index (κ2) is 13.1. The first-order valence-electron chi connectivity index (χ1n) is 8.79. The highest BCUT2D eigenvalue weighted by Gasteiger charge is 2.21. The quantitative estimate of drug-likeness (QED) is 0.228. The van der Waals surface area contributed by atoms with E-state index in [9.17, 15) is 0 Å². The largest absolute Gasteiger partial charge is 0.475 e. The molecule has 26 heavy (non-hydrogen) atoms. The molecule has 0 aromatic carbocycles. The average Bonchev–Trinajstić information content (AvgIpc) is 3.45. The topological polar surface area (TPSA) is 68.2 Å². The van der Waals surface area contributed by atoms with E-state index in [1.54, 1.807) is 20.4 Å². The molecule has 0 atom stereocenters. The molecular formula is C18H31IN4O3. The van der Waals surface area contributed by atoms with Crippen LogP contribution in [-0.2, 0) is 16.0 Å². The molecular weight excluding hydrogens is 447 g/mol. The molecule has 1 aromatic rings. The lowest BCUT2D eigenvalue weighted by Crippen LogP contribution is -2.40. The molecule has 0 spiro atoms. The Kier molecular flexibility index (Phi) is 11.5. The van der Waals surface area contributed by atoms with Gasteiger partial charge in [-0.2, -0.15) is 0 Å². The molecule has 0 amide bonds. The van der Waals surface area contributed by atoms with Crippen LogP contribution in [-0.4, -0.2) is 70.0 Å². The number of aliphatic imine (C=N–C) groups is 1. The second-order valence-corrected chi connectivity index (χ2v) is 6.19. The molecule has 1 fully saturated rings. The van der Waals surface area contributed by atoms with Gasteiger partial charge in [-0.25, -0.2) is 4.98 Å². The van der Waals surface area contributed by atoms with Crippen molar-refractivity contribution in [3.05, 3.63) is 23.9 Å². The lowest BCUT2D eigenvalue weighted by molar-refractivity contribution is 0.115. The summed E-state index contributed by atoms with van der Waals surface area (Å²) in [4.78, 5) is 10.7. The zero-order chi connectivity index (χ0) is 17.9. The van der Waals surface area contributed by atoms with Crippen LogP contribution in [0, 0.1) is 5.92 Å². The fraction of sp³-hybridized carbons (Fsp3) is 0.667. The van der Waals surface area contributed by atoms with Gasteiger partial charge in [0.25, 0.3) is 0 Å². The van der Waals surface area contributed by atoms with Crippen LogP contribution in [0.5, 0.6) is 5.88 Å². The highest BCUT2D eigenvalue weighted by atomic mass is 127. The number of methoxy groups -OCH3 is 1. The van der Waals surface area contributed by atoms with Crippen LogP contribution in [0.4, 0.5) is 0 Å². The van der Waals surface area contributed by atoms with Gasteiger partial charge in [-0.15, -0.1) is 24.0 Å². The van der Waals surface area contributed by atoms with Crippen molar-refractivity contribution in [3.8, 4) is 5.88 Å². The smallest absolute Gasteiger partial charge is 0.213 e. The maximum absolute atomic E-state index is 5.68. The highest BCUT2D eigenvalue weighted by molar-refractivity contribution is 14.0. The summed E-state index contributed by atoms with van der Waals surface area (Å²) in [6.45, 7) is 4.15. The molecule has 1 aliphatic rings. The molecule has 7 nitrogen and oxygen atoms in total. The van der Waals surface area contributed by atoms with Gasteiger partial charge in [-0.3, -0.25) is 4.99 Å². The molecule has 8 heteroatoms. The van der Waals surface area contributed by atoms with E-state index >= 15 is 0 Å². The third kappa shape index (κ3) is 9.00. The Morgan fingerprint density at radius 1 is 1.31 bits per heavy atom. The van der Waals surface area contributed by atoms with Gasteiger partial charge in [0, 0.05) is 53.2 Å². The van der Waals surface area contributed by atoms with Gasteiger partial charge < -0.3 is 24.4 Å². The highest BCUT2D eigenvalue weighted by Crippen LogP contribution is 2.28. The van der Waals surface area contributed by atoms with Crippen molar-refractivity contribution in [2.24, 2.45) is 10.9 Å². The van der Waals surface area contributed by atoms with E-state index in [-0.39, 0.29) is 24.0 Å². The number of guanidine groups is 1. The first-order chi connectivity index (χ1) is 12.2. The van der Waals surface area contributed by atoms with Gasteiger partial charge in [0.2, 0.25) is 5.88 Å². The number of likely N-dealkylation sites (N-methyl/N-ethyl adjacent to an activating group) is 1. The van der Waals surface area contributed by atoms with E-state index in [2.05, 4.69) is 20.2 Å². The van der Waals surface area contributed by atoms with Gasteiger partial charge in [-0.1, -0.05) is 6.07 Å². The minimum atomic E-state index is 0. The number of rotatable bonds is 11. The van der Waals surface area contributed by atoms with Crippen LogP contribution in [0.1, 0.15) is 18.4 Å². The lowest BCUT2D eigenvalue weighted by atomic mass is 10.3. The zero-order valence-corrected chi connectivity index (χ0v) is 18.3. The first-order valence-corrected chi connectivity index (χ1v) is 8.79. The summed E-state index contributed by atoms with van der Waals surface area (Å²) in [5, 5.41) is 3.34. The number of aromatic nitrogens is 1. The predicted octanol–water partition coefficient (Wildman–Crippen LogP) is 2.16. The molecule has 2 rings (SSSR count). The Balaban J connectivity index is 0.00000338. The second-order valence-electron chi connectivity index (χ2n) is 6.19. The molecule has 1 N–H and O–H groups in total. The summed E-state index contributed by atoms with van der Waals surface area (Å²) in [6, 6.07) is 3.86. The Bertz CT molecular complexity index is 524. The van der Waals surface area contributed by atoms with Gasteiger partial charge in [0.05, 0.1) is 13.2 Å². The molecule has 0 bridgehead atoms. The standard InChI is InChI=1S/C18H30N4O3.HI/c1-19-18(22(2)8-9-24-14-15-4-5-15)21-13-16-6-7-17(20-12-16)25-11-10-23-3;/h6-7,12,15H,4-5,8-11,13-14H2,1-3H3,(H,19,21);1H. The van der Waals surface area contributed by atoms with Crippen molar-refractivity contribution >= 4 is 29.9 Å². The van der Waals surface area contributed by atoms with Crippen molar-refractivity contribution in [3.63, 3.8) is 0 Å². The SMILES string of the molecule is CN=C(NCc1ccc(OCCOC)nc1)N(C)CCOCC1CC1.I. The monoisotopic (exact) mass is 478 g/mol. The third-order valence-corrected chi connectivity index (χ3v) is 3.98. The van der Waals surface area contributed by atoms with Crippen molar-refractivity contribution in [1.82, 2.24) is 15.2 Å². The van der Waals surface area contributed by atoms with Crippen LogP contribution >= 0.6 is 24.0 Å². The fourth-order valence-corrected chi connectivity index (χ4v) is 2.24. The van der Waals surface area contributed by atoms with E-state index in [0.29, 0.717) is 25.6 Å². The number of nitrogens with zero attached hydrogens (tertiary/aromatic N) is 3. The van der Waals surface area contributed by atoms with Crippen molar-refractivity contribution in [1.29, 1.82) is 0 Å². The summed E-state index contributed by atoms with van der Waals surface area (Å²) in [5.74, 6) is 2.25. The summed E-state index contributed by atoms with van der Waals surface area (Å²) in [5.41, 5.74) is 1.07. The molecule has 0 saturated heterocycles. The summed E-state index contributed by atoms with van der Waals surface area (Å²) >= 11 is 0. The summed E-state index contributed by atoms with van der Waals surface area (Å²) in [6.07, 6.45) is 4.45. The van der Waals surface area contributed by atoms with Crippen LogP contribution < -0.4 is 10.1 Å². The molecule has 1 aromatic heterocycles. The minimum absolute atomic E-state index is 0. The molecule has 0 unspecified atom stereocenters. The van der Waals surface area contributed by atoms with E-state index in [0.717, 1.165) is 37.2 Å². The maximum atomic E-state index is 5.68. The van der Waals surface area contributed by atoms with Crippen LogP contribution in [0.25, 0.3) is 0 Å². The normalized spacial score (nSPS) is 13.9. The van der Waals surface area contributed by atoms with Crippen LogP contribution in [0.2, 0.25) is 0 Å². The Hall–Kier alpha value is -1.13. The number of nitrogens with one attached hydrogen (secondary N) is 1. The minimum Gasteiger partial charge on any atom is -0.475 e. The van der Waals surface area contributed by atoms with Crippen molar-refractivity contribution in [2.75, 3.05) is 54.2 Å².